The number of pyridine rings is 2. The Labute approximate surface area is 163 Å². The second-order valence-electron chi connectivity index (χ2n) is 6.09. The third-order valence-corrected chi connectivity index (χ3v) is 4.27. The van der Waals surface area contributed by atoms with Crippen molar-refractivity contribution in [3.63, 3.8) is 0 Å². The zero-order chi connectivity index (χ0) is 20.1. The molecule has 0 aromatic carbocycles. The molecule has 0 saturated carbocycles. The predicted molar refractivity (Wildman–Crippen MR) is 109 cm³/mol. The Morgan fingerprint density at radius 3 is 2.68 bits per heavy atom. The summed E-state index contributed by atoms with van der Waals surface area (Å²) in [6, 6.07) is 7.15. The molecule has 3 rings (SSSR count). The van der Waals surface area contributed by atoms with Crippen molar-refractivity contribution in [1.82, 2.24) is 24.8 Å². The van der Waals surface area contributed by atoms with Gasteiger partial charge in [0.15, 0.2) is 0 Å². The molecule has 3 heterocycles. The number of aromatic nitrogens is 4. The number of carbonyl (C=O) groups excluding carboxylic acids is 1. The van der Waals surface area contributed by atoms with Crippen LogP contribution in [0.2, 0.25) is 0 Å². The highest BCUT2D eigenvalue weighted by atomic mass is 16.2. The highest BCUT2D eigenvalue weighted by molar-refractivity contribution is 6.00. The number of amides is 1. The van der Waals surface area contributed by atoms with Gasteiger partial charge in [0, 0.05) is 36.9 Å². The smallest absolute Gasteiger partial charge is 0.261 e. The van der Waals surface area contributed by atoms with Crippen LogP contribution in [0, 0.1) is 0 Å². The van der Waals surface area contributed by atoms with Crippen LogP contribution >= 0.6 is 0 Å². The maximum absolute atomic E-state index is 12.8. The first-order valence-electron chi connectivity index (χ1n) is 8.70. The lowest BCUT2D eigenvalue weighted by Gasteiger charge is -2.19. The minimum atomic E-state index is -0.243. The maximum atomic E-state index is 12.8. The zero-order valence-electron chi connectivity index (χ0n) is 15.8. The van der Waals surface area contributed by atoms with Gasteiger partial charge in [-0.2, -0.15) is 0 Å². The Kier molecular flexibility index (Phi) is 5.59. The van der Waals surface area contributed by atoms with Crippen LogP contribution in [0.5, 0.6) is 0 Å². The molecule has 0 aliphatic carbocycles. The molecule has 0 atom stereocenters. The number of nitrogens with zero attached hydrogens (tertiary/aromatic N) is 5. The number of nitrogens with two attached hydrogens (primary N) is 1. The second-order valence-corrected chi connectivity index (χ2v) is 6.09. The van der Waals surface area contributed by atoms with Crippen molar-refractivity contribution >= 4 is 23.4 Å². The summed E-state index contributed by atoms with van der Waals surface area (Å²) in [4.78, 5) is 30.8. The van der Waals surface area contributed by atoms with Gasteiger partial charge in [-0.25, -0.2) is 19.9 Å². The predicted octanol–water partition coefficient (Wildman–Crippen LogP) is 3.26. The summed E-state index contributed by atoms with van der Waals surface area (Å²) in [5.74, 6) is 1.17. The average molecular weight is 375 g/mol. The second kappa shape index (κ2) is 8.26. The fourth-order valence-corrected chi connectivity index (χ4v) is 2.54. The van der Waals surface area contributed by atoms with Crippen LogP contribution in [-0.2, 0) is 0 Å². The Morgan fingerprint density at radius 2 is 1.96 bits per heavy atom. The lowest BCUT2D eigenvalue weighted by molar-refractivity contribution is 0.0834. The number of carbonyl (C=O) groups is 1. The molecule has 142 valence electrons. The SMILES string of the molecule is C=C(CC)N(C)C(=O)c1cc(-c2ccnc(Nc3ccncn3)c2)cnc1N. The first kappa shape index (κ1) is 19.0. The summed E-state index contributed by atoms with van der Waals surface area (Å²) < 4.78 is 0. The van der Waals surface area contributed by atoms with Crippen molar-refractivity contribution in [3.05, 3.63) is 67.0 Å². The van der Waals surface area contributed by atoms with Crippen LogP contribution < -0.4 is 11.1 Å². The van der Waals surface area contributed by atoms with Gasteiger partial charge in [0.25, 0.3) is 5.91 Å². The zero-order valence-corrected chi connectivity index (χ0v) is 15.8. The normalized spacial score (nSPS) is 10.4. The number of rotatable bonds is 6. The standard InChI is InChI=1S/C20H21N7O/c1-4-13(2)27(3)20(28)16-9-15(11-24-19(16)21)14-5-8-23-18(10-14)26-17-6-7-22-12-25-17/h5-12H,2,4H2,1,3H3,(H2,21,24)(H,22,23,25,26). The topological polar surface area (TPSA) is 110 Å². The Balaban J connectivity index is 1.91. The van der Waals surface area contributed by atoms with E-state index in [1.54, 1.807) is 37.8 Å². The van der Waals surface area contributed by atoms with Gasteiger partial charge in [0.1, 0.15) is 23.8 Å². The van der Waals surface area contributed by atoms with Crippen LogP contribution in [0.3, 0.4) is 0 Å². The molecule has 28 heavy (non-hydrogen) atoms. The summed E-state index contributed by atoms with van der Waals surface area (Å²) >= 11 is 0. The van der Waals surface area contributed by atoms with Gasteiger partial charge in [0.2, 0.25) is 0 Å². The molecule has 0 fully saturated rings. The molecule has 3 aromatic rings. The largest absolute Gasteiger partial charge is 0.383 e. The third kappa shape index (κ3) is 4.12. The number of hydrogen-bond acceptors (Lipinski definition) is 7. The van der Waals surface area contributed by atoms with E-state index in [0.29, 0.717) is 29.3 Å². The number of nitrogen functional groups attached to an aromatic ring is 1. The van der Waals surface area contributed by atoms with Crippen molar-refractivity contribution < 1.29 is 4.79 Å². The molecule has 0 aliphatic rings. The van der Waals surface area contributed by atoms with Crippen LogP contribution in [0.1, 0.15) is 23.7 Å². The van der Waals surface area contributed by atoms with Gasteiger partial charge >= 0.3 is 0 Å². The van der Waals surface area contributed by atoms with E-state index in [4.69, 9.17) is 5.73 Å². The van der Waals surface area contributed by atoms with Gasteiger partial charge in [0.05, 0.1) is 5.56 Å². The minimum absolute atomic E-state index is 0.179. The Bertz CT molecular complexity index is 1000. The van der Waals surface area contributed by atoms with Crippen LogP contribution in [0.25, 0.3) is 11.1 Å². The van der Waals surface area contributed by atoms with E-state index in [1.165, 1.54) is 11.2 Å². The molecule has 0 unspecified atom stereocenters. The van der Waals surface area contributed by atoms with Crippen molar-refractivity contribution in [2.24, 2.45) is 0 Å². The number of nitrogens with one attached hydrogen (secondary N) is 1. The molecule has 1 amide bonds. The molecule has 3 N–H and O–H groups in total. The van der Waals surface area contributed by atoms with Gasteiger partial charge in [-0.15, -0.1) is 0 Å². The van der Waals surface area contributed by atoms with Crippen molar-refractivity contribution in [2.45, 2.75) is 13.3 Å². The molecule has 3 aromatic heterocycles. The fourth-order valence-electron chi connectivity index (χ4n) is 2.54. The third-order valence-electron chi connectivity index (χ3n) is 4.27. The van der Waals surface area contributed by atoms with Crippen LogP contribution in [-0.4, -0.2) is 37.8 Å². The molecule has 8 heteroatoms. The fraction of sp³-hybridized carbons (Fsp3) is 0.150. The highest BCUT2D eigenvalue weighted by Gasteiger charge is 2.18. The van der Waals surface area contributed by atoms with E-state index >= 15 is 0 Å². The summed E-state index contributed by atoms with van der Waals surface area (Å²) in [5.41, 5.74) is 8.58. The average Bonchev–Trinajstić information content (AvgIpc) is 2.73. The number of allylic oxidation sites excluding steroid dienone is 1. The molecule has 0 saturated heterocycles. The van der Waals surface area contributed by atoms with Crippen LogP contribution in [0.4, 0.5) is 17.5 Å². The van der Waals surface area contributed by atoms with Crippen molar-refractivity contribution in [2.75, 3.05) is 18.1 Å². The van der Waals surface area contributed by atoms with Crippen LogP contribution in [0.15, 0.2) is 61.5 Å². The summed E-state index contributed by atoms with van der Waals surface area (Å²) in [7, 11) is 1.68. The quantitative estimate of drug-likeness (QED) is 0.680. The summed E-state index contributed by atoms with van der Waals surface area (Å²) in [6.07, 6.45) is 7.06. The maximum Gasteiger partial charge on any atom is 0.261 e. The van der Waals surface area contributed by atoms with Gasteiger partial charge in [-0.1, -0.05) is 13.5 Å². The molecule has 8 nitrogen and oxygen atoms in total. The van der Waals surface area contributed by atoms with Gasteiger partial charge in [-0.05, 0) is 36.2 Å². The minimum Gasteiger partial charge on any atom is -0.383 e. The number of anilines is 3. The lowest BCUT2D eigenvalue weighted by atomic mass is 10.1. The Morgan fingerprint density at radius 1 is 1.14 bits per heavy atom. The monoisotopic (exact) mass is 375 g/mol. The van der Waals surface area contributed by atoms with E-state index in [1.807, 2.05) is 19.1 Å². The van der Waals surface area contributed by atoms with E-state index in [2.05, 4.69) is 31.8 Å². The Hall–Kier alpha value is -3.81. The summed E-state index contributed by atoms with van der Waals surface area (Å²) in [6.45, 7) is 5.84. The first-order valence-corrected chi connectivity index (χ1v) is 8.70. The highest BCUT2D eigenvalue weighted by Crippen LogP contribution is 2.25. The molecular formula is C20H21N7O. The van der Waals surface area contributed by atoms with Gasteiger partial charge < -0.3 is 16.0 Å². The van der Waals surface area contributed by atoms with E-state index < -0.39 is 0 Å². The van der Waals surface area contributed by atoms with Crippen molar-refractivity contribution in [1.29, 1.82) is 0 Å². The van der Waals surface area contributed by atoms with E-state index in [9.17, 15) is 4.79 Å². The van der Waals surface area contributed by atoms with E-state index in [-0.39, 0.29) is 11.7 Å². The molecule has 0 bridgehead atoms. The molecule has 0 radical (unpaired) electrons. The lowest BCUT2D eigenvalue weighted by Crippen LogP contribution is -2.26. The molecule has 0 spiro atoms. The first-order chi connectivity index (χ1) is 13.5. The van der Waals surface area contributed by atoms with Gasteiger partial charge in [-0.3, -0.25) is 4.79 Å². The summed E-state index contributed by atoms with van der Waals surface area (Å²) in [5, 5.41) is 3.11. The number of hydrogen-bond donors (Lipinski definition) is 2. The van der Waals surface area contributed by atoms with E-state index in [0.717, 1.165) is 11.1 Å². The van der Waals surface area contributed by atoms with Crippen molar-refractivity contribution in [3.8, 4) is 11.1 Å². The molecule has 0 aliphatic heterocycles. The molecular weight excluding hydrogens is 354 g/mol.